The van der Waals surface area contributed by atoms with Crippen LogP contribution >= 0.6 is 11.3 Å². The first-order chi connectivity index (χ1) is 7.72. The fourth-order valence-electron chi connectivity index (χ4n) is 2.83. The van der Waals surface area contributed by atoms with E-state index in [-0.39, 0.29) is 0 Å². The zero-order valence-corrected chi connectivity index (χ0v) is 11.5. The molecule has 1 aromatic heterocycles. The largest absolute Gasteiger partial charge is 0.312 e. The Kier molecular flexibility index (Phi) is 4.04. The van der Waals surface area contributed by atoms with Crippen molar-refractivity contribution in [2.45, 2.75) is 52.0 Å². The molecule has 1 aliphatic rings. The van der Waals surface area contributed by atoms with Crippen molar-refractivity contribution in [2.24, 2.45) is 5.92 Å². The normalized spacial score (nSPS) is 19.9. The highest BCUT2D eigenvalue weighted by Crippen LogP contribution is 2.37. The molecule has 2 heteroatoms. The van der Waals surface area contributed by atoms with Gasteiger partial charge in [-0.1, -0.05) is 19.3 Å². The lowest BCUT2D eigenvalue weighted by Crippen LogP contribution is -2.26. The van der Waals surface area contributed by atoms with Crippen LogP contribution in [0.4, 0.5) is 0 Å². The van der Waals surface area contributed by atoms with Gasteiger partial charge >= 0.3 is 0 Å². The monoisotopic (exact) mass is 237 g/mol. The maximum atomic E-state index is 3.54. The Morgan fingerprint density at radius 2 is 1.94 bits per heavy atom. The van der Waals surface area contributed by atoms with Gasteiger partial charge in [-0.15, -0.1) is 11.3 Å². The lowest BCUT2D eigenvalue weighted by atomic mass is 9.83. The molecule has 1 N–H and O–H groups in total. The molecule has 0 bridgehead atoms. The highest BCUT2D eigenvalue weighted by atomic mass is 32.1. The van der Waals surface area contributed by atoms with Crippen molar-refractivity contribution in [3.8, 4) is 0 Å². The van der Waals surface area contributed by atoms with Crippen molar-refractivity contribution in [1.29, 1.82) is 0 Å². The number of hydrogen-bond acceptors (Lipinski definition) is 2. The standard InChI is InChI=1S/C14H23NS/c1-10-9-13(16-11(10)2)14(15-3)12-7-5-4-6-8-12/h9,12,14-15H,4-8H2,1-3H3. The molecule has 1 saturated carbocycles. The third-order valence-electron chi connectivity index (χ3n) is 3.92. The Hall–Kier alpha value is -0.340. The Balaban J connectivity index is 2.14. The SMILES string of the molecule is CNC(c1cc(C)c(C)s1)C1CCCCC1. The molecule has 2 rings (SSSR count). The maximum absolute atomic E-state index is 3.54. The van der Waals surface area contributed by atoms with Crippen LogP contribution in [0.15, 0.2) is 6.07 Å². The third kappa shape index (κ3) is 2.49. The summed E-state index contributed by atoms with van der Waals surface area (Å²) >= 11 is 1.98. The lowest BCUT2D eigenvalue weighted by molar-refractivity contribution is 0.284. The summed E-state index contributed by atoms with van der Waals surface area (Å²) in [5, 5.41) is 3.54. The van der Waals surface area contributed by atoms with E-state index in [0.29, 0.717) is 6.04 Å². The average molecular weight is 237 g/mol. The fourth-order valence-corrected chi connectivity index (χ4v) is 4.08. The van der Waals surface area contributed by atoms with Crippen LogP contribution in [-0.4, -0.2) is 7.05 Å². The summed E-state index contributed by atoms with van der Waals surface area (Å²) in [7, 11) is 2.11. The predicted molar refractivity (Wildman–Crippen MR) is 72.2 cm³/mol. The van der Waals surface area contributed by atoms with E-state index in [4.69, 9.17) is 0 Å². The van der Waals surface area contributed by atoms with Crippen LogP contribution in [0.5, 0.6) is 0 Å². The molecule has 0 saturated heterocycles. The Bertz CT molecular complexity index is 317. The van der Waals surface area contributed by atoms with Gasteiger partial charge in [0.2, 0.25) is 0 Å². The van der Waals surface area contributed by atoms with Crippen LogP contribution in [-0.2, 0) is 0 Å². The van der Waals surface area contributed by atoms with Crippen LogP contribution in [0.25, 0.3) is 0 Å². The Labute approximate surface area is 103 Å². The smallest absolute Gasteiger partial charge is 0.0441 e. The molecule has 0 aromatic carbocycles. The zero-order chi connectivity index (χ0) is 11.5. The molecule has 1 aliphatic carbocycles. The van der Waals surface area contributed by atoms with Gasteiger partial charge in [0.25, 0.3) is 0 Å². The molecule has 1 unspecified atom stereocenters. The first kappa shape index (κ1) is 12.1. The lowest BCUT2D eigenvalue weighted by Gasteiger charge is -2.29. The molecule has 0 radical (unpaired) electrons. The summed E-state index contributed by atoms with van der Waals surface area (Å²) in [6.07, 6.45) is 7.09. The van der Waals surface area contributed by atoms with E-state index >= 15 is 0 Å². The van der Waals surface area contributed by atoms with Crippen LogP contribution in [0.2, 0.25) is 0 Å². The quantitative estimate of drug-likeness (QED) is 0.830. The van der Waals surface area contributed by atoms with Gasteiger partial charge in [-0.05, 0) is 51.3 Å². The van der Waals surface area contributed by atoms with Crippen molar-refractivity contribution < 1.29 is 0 Å². The van der Waals surface area contributed by atoms with Crippen LogP contribution in [0.3, 0.4) is 0 Å². The minimum absolute atomic E-state index is 0.595. The molecule has 90 valence electrons. The van der Waals surface area contributed by atoms with Crippen LogP contribution in [0, 0.1) is 19.8 Å². The van der Waals surface area contributed by atoms with Gasteiger partial charge in [0, 0.05) is 15.8 Å². The molecule has 1 nitrogen and oxygen atoms in total. The predicted octanol–water partition coefficient (Wildman–Crippen LogP) is 4.21. The fraction of sp³-hybridized carbons (Fsp3) is 0.714. The van der Waals surface area contributed by atoms with Gasteiger partial charge in [-0.3, -0.25) is 0 Å². The van der Waals surface area contributed by atoms with Crippen molar-refractivity contribution >= 4 is 11.3 Å². The average Bonchev–Trinajstić information content (AvgIpc) is 2.61. The maximum Gasteiger partial charge on any atom is 0.0441 e. The van der Waals surface area contributed by atoms with E-state index in [9.17, 15) is 0 Å². The van der Waals surface area contributed by atoms with Crippen LogP contribution in [0.1, 0.15) is 53.5 Å². The van der Waals surface area contributed by atoms with E-state index in [0.717, 1.165) is 5.92 Å². The third-order valence-corrected chi connectivity index (χ3v) is 5.16. The highest BCUT2D eigenvalue weighted by molar-refractivity contribution is 7.12. The number of thiophene rings is 1. The Morgan fingerprint density at radius 1 is 1.25 bits per heavy atom. The molecule has 0 amide bonds. The zero-order valence-electron chi connectivity index (χ0n) is 10.7. The molecule has 1 fully saturated rings. The minimum Gasteiger partial charge on any atom is -0.312 e. The van der Waals surface area contributed by atoms with E-state index in [1.165, 1.54) is 42.5 Å². The number of hydrogen-bond donors (Lipinski definition) is 1. The number of aryl methyl sites for hydroxylation is 2. The molecule has 0 spiro atoms. The highest BCUT2D eigenvalue weighted by Gasteiger charge is 2.25. The second-order valence-corrected chi connectivity index (χ2v) is 6.34. The molecule has 16 heavy (non-hydrogen) atoms. The molecular weight excluding hydrogens is 214 g/mol. The summed E-state index contributed by atoms with van der Waals surface area (Å²) in [6, 6.07) is 2.98. The van der Waals surface area contributed by atoms with Crippen LogP contribution < -0.4 is 5.32 Å². The molecular formula is C14H23NS. The van der Waals surface area contributed by atoms with Crippen molar-refractivity contribution in [1.82, 2.24) is 5.32 Å². The summed E-state index contributed by atoms with van der Waals surface area (Å²) in [5.74, 6) is 0.858. The van der Waals surface area contributed by atoms with Gasteiger partial charge in [-0.2, -0.15) is 0 Å². The summed E-state index contributed by atoms with van der Waals surface area (Å²) in [6.45, 7) is 4.46. The first-order valence-corrected chi connectivity index (χ1v) is 7.28. The van der Waals surface area contributed by atoms with Crippen molar-refractivity contribution in [3.63, 3.8) is 0 Å². The van der Waals surface area contributed by atoms with Crippen molar-refractivity contribution in [3.05, 3.63) is 21.4 Å². The van der Waals surface area contributed by atoms with Gasteiger partial charge in [0.15, 0.2) is 0 Å². The summed E-state index contributed by atoms with van der Waals surface area (Å²) < 4.78 is 0. The summed E-state index contributed by atoms with van der Waals surface area (Å²) in [4.78, 5) is 3.02. The van der Waals surface area contributed by atoms with Gasteiger partial charge in [0.1, 0.15) is 0 Å². The van der Waals surface area contributed by atoms with Gasteiger partial charge in [-0.25, -0.2) is 0 Å². The molecule has 0 aliphatic heterocycles. The number of rotatable bonds is 3. The van der Waals surface area contributed by atoms with Gasteiger partial charge in [0.05, 0.1) is 0 Å². The van der Waals surface area contributed by atoms with E-state index in [2.05, 4.69) is 32.3 Å². The van der Waals surface area contributed by atoms with E-state index < -0.39 is 0 Å². The molecule has 1 atom stereocenters. The van der Waals surface area contributed by atoms with Gasteiger partial charge < -0.3 is 5.32 Å². The molecule has 1 heterocycles. The van der Waals surface area contributed by atoms with E-state index in [1.54, 1.807) is 4.88 Å². The topological polar surface area (TPSA) is 12.0 Å². The number of nitrogens with one attached hydrogen (secondary N) is 1. The molecule has 1 aromatic rings. The second-order valence-electron chi connectivity index (χ2n) is 5.05. The second kappa shape index (κ2) is 5.33. The van der Waals surface area contributed by atoms with E-state index in [1.807, 2.05) is 11.3 Å². The van der Waals surface area contributed by atoms with Crippen molar-refractivity contribution in [2.75, 3.05) is 7.05 Å². The first-order valence-electron chi connectivity index (χ1n) is 6.46. The Morgan fingerprint density at radius 3 is 2.44 bits per heavy atom. The minimum atomic E-state index is 0.595. The summed E-state index contributed by atoms with van der Waals surface area (Å²) in [5.41, 5.74) is 1.45.